The van der Waals surface area contributed by atoms with Crippen LogP contribution in [0.25, 0.3) is 39.1 Å². The molecule has 36 heavy (non-hydrogen) atoms. The standard InChI is InChI=1S/C25H17ClFN7O2/c1-13-8-15(9-19-21(13)30-12-36-19)20-22(14-2-5-17(27)6-3-14)31-24(28)34-23(20)32-33(25(34)35)11-18-7-4-16(26)10-29-18/h2-10,12H,11H2,1H3,(H2,28,31)/p+1. The van der Waals surface area contributed by atoms with Crippen molar-refractivity contribution in [3.8, 4) is 22.4 Å². The van der Waals surface area contributed by atoms with Crippen molar-refractivity contribution in [2.24, 2.45) is 0 Å². The summed E-state index contributed by atoms with van der Waals surface area (Å²) in [7, 11) is 0. The van der Waals surface area contributed by atoms with Gasteiger partial charge in [0.15, 0.2) is 5.65 Å². The normalized spacial score (nSPS) is 11.5. The summed E-state index contributed by atoms with van der Waals surface area (Å²) < 4.78 is 21.8. The Morgan fingerprint density at radius 3 is 2.69 bits per heavy atom. The Morgan fingerprint density at radius 2 is 1.94 bits per heavy atom. The number of hydrogen-bond acceptors (Lipinski definition) is 6. The molecule has 0 aliphatic carbocycles. The highest BCUT2D eigenvalue weighted by Gasteiger charge is 2.23. The molecule has 9 nitrogen and oxygen atoms in total. The molecule has 0 atom stereocenters. The zero-order valence-corrected chi connectivity index (χ0v) is 19.6. The lowest BCUT2D eigenvalue weighted by Crippen LogP contribution is -2.24. The van der Waals surface area contributed by atoms with Crippen LogP contribution in [-0.2, 0) is 6.54 Å². The summed E-state index contributed by atoms with van der Waals surface area (Å²) in [6.07, 6.45) is 3.00. The summed E-state index contributed by atoms with van der Waals surface area (Å²) in [6, 6.07) is 13.1. The van der Waals surface area contributed by atoms with E-state index in [0.717, 1.165) is 11.1 Å². The Labute approximate surface area is 207 Å². The molecular formula is C25H18ClFN7O2+. The van der Waals surface area contributed by atoms with Gasteiger partial charge in [0, 0.05) is 17.3 Å². The first-order valence-corrected chi connectivity index (χ1v) is 11.3. The Hall–Kier alpha value is -4.57. The number of nitrogen functional groups attached to an aromatic ring is 1. The molecule has 0 saturated carbocycles. The summed E-state index contributed by atoms with van der Waals surface area (Å²) in [5.41, 5.74) is 11.4. The van der Waals surface area contributed by atoms with Crippen molar-refractivity contribution in [2.75, 3.05) is 5.73 Å². The topological polar surface area (TPSA) is 118 Å². The van der Waals surface area contributed by atoms with Crippen LogP contribution in [0.5, 0.6) is 0 Å². The van der Waals surface area contributed by atoms with Gasteiger partial charge in [0.25, 0.3) is 5.52 Å². The van der Waals surface area contributed by atoms with E-state index in [4.69, 9.17) is 21.8 Å². The van der Waals surface area contributed by atoms with E-state index in [-0.39, 0.29) is 18.3 Å². The van der Waals surface area contributed by atoms with Crippen molar-refractivity contribution in [2.45, 2.75) is 13.5 Å². The second kappa shape index (κ2) is 8.28. The van der Waals surface area contributed by atoms with E-state index in [9.17, 15) is 9.18 Å². The number of fused-ring (bicyclic) bond motifs is 2. The lowest BCUT2D eigenvalue weighted by molar-refractivity contribution is -0.354. The Kier molecular flexibility index (Phi) is 5.04. The van der Waals surface area contributed by atoms with Gasteiger partial charge in [0.1, 0.15) is 5.82 Å². The molecule has 6 rings (SSSR count). The van der Waals surface area contributed by atoms with Gasteiger partial charge in [-0.1, -0.05) is 11.6 Å². The SMILES string of the molecule is Cc1cc(-c2c(-c3ccc(F)cc3)nc(N)n3c(=O)n(Cc4ccc(Cl)cn4)nc23)cc2oc[nH+]c12. The lowest BCUT2D eigenvalue weighted by atomic mass is 9.98. The number of aromatic amines is 1. The van der Waals surface area contributed by atoms with Crippen LogP contribution >= 0.6 is 11.6 Å². The highest BCUT2D eigenvalue weighted by Crippen LogP contribution is 2.36. The number of nitrogens with two attached hydrogens (primary N) is 1. The Balaban J connectivity index is 1.65. The maximum Gasteiger partial charge on any atom is 0.353 e. The highest BCUT2D eigenvalue weighted by atomic mass is 35.5. The van der Waals surface area contributed by atoms with E-state index in [1.165, 1.54) is 33.8 Å². The molecule has 0 bridgehead atoms. The minimum Gasteiger partial charge on any atom is -0.404 e. The van der Waals surface area contributed by atoms with Crippen LogP contribution in [-0.4, -0.2) is 24.1 Å². The van der Waals surface area contributed by atoms with Crippen LogP contribution in [0.3, 0.4) is 0 Å². The molecule has 0 aliphatic rings. The zero-order valence-electron chi connectivity index (χ0n) is 18.9. The van der Waals surface area contributed by atoms with E-state index in [1.54, 1.807) is 24.3 Å². The molecule has 0 saturated heterocycles. The minimum absolute atomic E-state index is 0.0440. The first kappa shape index (κ1) is 21.9. The van der Waals surface area contributed by atoms with Crippen molar-refractivity contribution >= 4 is 34.3 Å². The van der Waals surface area contributed by atoms with Crippen molar-refractivity contribution < 1.29 is 13.8 Å². The van der Waals surface area contributed by atoms with Gasteiger partial charge in [-0.15, -0.1) is 5.10 Å². The average Bonchev–Trinajstić information content (AvgIpc) is 3.46. The third-order valence-electron chi connectivity index (χ3n) is 5.95. The van der Waals surface area contributed by atoms with Gasteiger partial charge >= 0.3 is 12.1 Å². The molecule has 4 aromatic heterocycles. The van der Waals surface area contributed by atoms with Crippen molar-refractivity contribution in [1.82, 2.24) is 24.1 Å². The number of aryl methyl sites for hydroxylation is 1. The maximum atomic E-state index is 13.7. The number of oxazole rings is 1. The smallest absolute Gasteiger partial charge is 0.353 e. The molecule has 0 spiro atoms. The number of rotatable bonds is 4. The first-order chi connectivity index (χ1) is 17.4. The molecule has 0 radical (unpaired) electrons. The summed E-state index contributed by atoms with van der Waals surface area (Å²) in [6.45, 7) is 2.04. The van der Waals surface area contributed by atoms with Crippen LogP contribution in [0, 0.1) is 12.7 Å². The fraction of sp³-hybridized carbons (Fsp3) is 0.0800. The van der Waals surface area contributed by atoms with Gasteiger partial charge < -0.3 is 10.2 Å². The maximum absolute atomic E-state index is 13.7. The second-order valence-corrected chi connectivity index (χ2v) is 8.75. The van der Waals surface area contributed by atoms with E-state index in [1.807, 2.05) is 19.1 Å². The summed E-state index contributed by atoms with van der Waals surface area (Å²) in [4.78, 5) is 25.2. The predicted molar refractivity (Wildman–Crippen MR) is 132 cm³/mol. The molecule has 0 fully saturated rings. The van der Waals surface area contributed by atoms with Crippen LogP contribution in [0.15, 0.2) is 70.3 Å². The lowest BCUT2D eigenvalue weighted by Gasteiger charge is -2.12. The molecule has 2 aromatic carbocycles. The monoisotopic (exact) mass is 502 g/mol. The largest absolute Gasteiger partial charge is 0.404 e. The minimum atomic E-state index is -0.470. The number of anilines is 1. The van der Waals surface area contributed by atoms with Gasteiger partial charge in [-0.2, -0.15) is 4.98 Å². The van der Waals surface area contributed by atoms with Crippen LogP contribution < -0.4 is 16.4 Å². The third-order valence-corrected chi connectivity index (χ3v) is 6.17. The van der Waals surface area contributed by atoms with Crippen LogP contribution in [0.4, 0.5) is 10.3 Å². The molecule has 178 valence electrons. The van der Waals surface area contributed by atoms with Gasteiger partial charge in [-0.3, -0.25) is 4.98 Å². The Bertz CT molecular complexity index is 1820. The second-order valence-electron chi connectivity index (χ2n) is 8.31. The van der Waals surface area contributed by atoms with Crippen molar-refractivity contribution in [3.05, 3.63) is 93.7 Å². The third kappa shape index (κ3) is 3.59. The zero-order chi connectivity index (χ0) is 25.0. The van der Waals surface area contributed by atoms with Crippen LogP contribution in [0.2, 0.25) is 5.02 Å². The van der Waals surface area contributed by atoms with E-state index >= 15 is 0 Å². The summed E-state index contributed by atoms with van der Waals surface area (Å²) >= 11 is 5.94. The first-order valence-electron chi connectivity index (χ1n) is 10.9. The van der Waals surface area contributed by atoms with Gasteiger partial charge in [0.2, 0.25) is 11.5 Å². The predicted octanol–water partition coefficient (Wildman–Crippen LogP) is 3.91. The molecular weight excluding hydrogens is 485 g/mol. The molecule has 0 aliphatic heterocycles. The molecule has 6 aromatic rings. The van der Waals surface area contributed by atoms with Gasteiger partial charge in [-0.25, -0.2) is 23.3 Å². The molecule has 3 N–H and O–H groups in total. The number of aromatic nitrogens is 6. The molecule has 11 heteroatoms. The number of nitrogens with one attached hydrogen (secondary N) is 1. The highest BCUT2D eigenvalue weighted by molar-refractivity contribution is 6.30. The number of hydrogen-bond donors (Lipinski definition) is 1. The fourth-order valence-corrected chi connectivity index (χ4v) is 4.38. The summed E-state index contributed by atoms with van der Waals surface area (Å²) in [5.74, 6) is -0.425. The van der Waals surface area contributed by atoms with Crippen molar-refractivity contribution in [3.63, 3.8) is 0 Å². The number of H-pyrrole nitrogens is 1. The van der Waals surface area contributed by atoms with Crippen LogP contribution in [0.1, 0.15) is 11.3 Å². The molecule has 0 amide bonds. The van der Waals surface area contributed by atoms with Crippen molar-refractivity contribution in [1.29, 1.82) is 0 Å². The fourth-order valence-electron chi connectivity index (χ4n) is 4.27. The molecule has 0 unspecified atom stereocenters. The Morgan fingerprint density at radius 1 is 1.14 bits per heavy atom. The van der Waals surface area contributed by atoms with Gasteiger partial charge in [0.05, 0.1) is 28.5 Å². The van der Waals surface area contributed by atoms with E-state index in [0.29, 0.717) is 44.3 Å². The van der Waals surface area contributed by atoms with E-state index in [2.05, 4.69) is 20.1 Å². The van der Waals surface area contributed by atoms with E-state index < -0.39 is 5.69 Å². The number of halogens is 2. The summed E-state index contributed by atoms with van der Waals surface area (Å²) in [5, 5.41) is 5.12. The number of benzene rings is 2. The average molecular weight is 503 g/mol. The molecule has 4 heterocycles. The van der Waals surface area contributed by atoms with Gasteiger partial charge in [-0.05, 0) is 61.0 Å². The number of nitrogens with zero attached hydrogens (tertiary/aromatic N) is 5. The number of pyridine rings is 1. The quantitative estimate of drug-likeness (QED) is 0.390.